The molecule has 0 atom stereocenters. The zero-order valence-corrected chi connectivity index (χ0v) is 17.7. The number of carboxylic acid groups (broad SMARTS) is 1. The van der Waals surface area contributed by atoms with Crippen LogP contribution < -0.4 is 10.5 Å². The van der Waals surface area contributed by atoms with E-state index in [9.17, 15) is 18.0 Å². The number of fused-ring (bicyclic) bond motifs is 1. The lowest BCUT2D eigenvalue weighted by molar-refractivity contribution is -0.152. The molecule has 0 saturated heterocycles. The Bertz CT molecular complexity index is 1360. The summed E-state index contributed by atoms with van der Waals surface area (Å²) in [6.45, 7) is -0.178. The zero-order chi connectivity index (χ0) is 24.5. The third kappa shape index (κ3) is 4.74. The van der Waals surface area contributed by atoms with E-state index in [0.717, 1.165) is 6.07 Å². The van der Waals surface area contributed by atoms with Crippen LogP contribution in [0.3, 0.4) is 0 Å². The summed E-state index contributed by atoms with van der Waals surface area (Å²) < 4.78 is 65.9. The molecule has 0 radical (unpaired) electrons. The first kappa shape index (κ1) is 23.3. The van der Waals surface area contributed by atoms with Crippen LogP contribution in [0.1, 0.15) is 22.5 Å². The number of carboxylic acids is 1. The first-order valence-electron chi connectivity index (χ1n) is 10.2. The van der Waals surface area contributed by atoms with E-state index < -0.39 is 23.7 Å². The van der Waals surface area contributed by atoms with Crippen LogP contribution in [0, 0.1) is 5.82 Å². The molecule has 5 nitrogen and oxygen atoms in total. The summed E-state index contributed by atoms with van der Waals surface area (Å²) in [4.78, 5) is 11.1. The normalized spacial score (nSPS) is 11.7. The summed E-state index contributed by atoms with van der Waals surface area (Å²) in [5.41, 5.74) is 6.74. The molecule has 4 rings (SSSR count). The highest BCUT2D eigenvalue weighted by atomic mass is 19.4. The van der Waals surface area contributed by atoms with E-state index in [1.165, 1.54) is 24.3 Å². The van der Waals surface area contributed by atoms with Gasteiger partial charge in [-0.3, -0.25) is 4.79 Å². The number of rotatable bonds is 7. The Morgan fingerprint density at radius 3 is 2.44 bits per heavy atom. The molecular weight excluding hydrogens is 454 g/mol. The third-order valence-corrected chi connectivity index (χ3v) is 5.25. The number of carbonyl (C=O) groups is 1. The quantitative estimate of drug-likeness (QED) is 0.325. The van der Waals surface area contributed by atoms with Crippen molar-refractivity contribution in [2.75, 3.05) is 0 Å². The van der Waals surface area contributed by atoms with Crippen LogP contribution in [0.25, 0.3) is 22.1 Å². The van der Waals surface area contributed by atoms with Gasteiger partial charge in [0.25, 0.3) is 0 Å². The molecule has 9 heteroatoms. The van der Waals surface area contributed by atoms with Crippen LogP contribution in [0.4, 0.5) is 17.6 Å². The Morgan fingerprint density at radius 2 is 1.74 bits per heavy atom. The van der Waals surface area contributed by atoms with E-state index in [1.54, 1.807) is 30.3 Å². The highest BCUT2D eigenvalue weighted by Crippen LogP contribution is 2.39. The summed E-state index contributed by atoms with van der Waals surface area (Å²) in [6, 6.07) is 14.8. The SMILES string of the molecule is NCc1cccc(-c2cc(COc3ccccc3CC(=O)O)cc3cc(C(F)(F)F)oc23)c1F. The van der Waals surface area contributed by atoms with E-state index in [4.69, 9.17) is 20.0 Å². The lowest BCUT2D eigenvalue weighted by Crippen LogP contribution is -2.04. The molecule has 0 aliphatic heterocycles. The lowest BCUT2D eigenvalue weighted by atomic mass is 9.98. The van der Waals surface area contributed by atoms with Crippen LogP contribution in [-0.4, -0.2) is 11.1 Å². The molecule has 0 aliphatic rings. The van der Waals surface area contributed by atoms with Gasteiger partial charge in [0.2, 0.25) is 5.76 Å². The smallest absolute Gasteiger partial charge is 0.449 e. The maximum Gasteiger partial charge on any atom is 0.449 e. The molecule has 0 unspecified atom stereocenters. The second-order valence-electron chi connectivity index (χ2n) is 7.62. The monoisotopic (exact) mass is 473 g/mol. The average Bonchev–Trinajstić information content (AvgIpc) is 3.23. The number of hydrogen-bond acceptors (Lipinski definition) is 4. The summed E-state index contributed by atoms with van der Waals surface area (Å²) >= 11 is 0. The Hall–Kier alpha value is -3.85. The fraction of sp³-hybridized carbons (Fsp3) is 0.160. The number of nitrogens with two attached hydrogens (primary N) is 1. The minimum absolute atomic E-state index is 0.0455. The van der Waals surface area contributed by atoms with Gasteiger partial charge in [-0.2, -0.15) is 13.2 Å². The number of halogens is 4. The van der Waals surface area contributed by atoms with Crippen molar-refractivity contribution >= 4 is 16.9 Å². The Morgan fingerprint density at radius 1 is 1.00 bits per heavy atom. The topological polar surface area (TPSA) is 85.7 Å². The van der Waals surface area contributed by atoms with Gasteiger partial charge >= 0.3 is 12.1 Å². The Labute approximate surface area is 191 Å². The predicted molar refractivity (Wildman–Crippen MR) is 117 cm³/mol. The van der Waals surface area contributed by atoms with E-state index in [0.29, 0.717) is 16.9 Å². The maximum absolute atomic E-state index is 15.1. The van der Waals surface area contributed by atoms with Crippen LogP contribution in [0.5, 0.6) is 5.75 Å². The Balaban J connectivity index is 1.80. The van der Waals surface area contributed by atoms with Gasteiger partial charge in [0.15, 0.2) is 0 Å². The number of furan rings is 1. The first-order chi connectivity index (χ1) is 16.2. The van der Waals surface area contributed by atoms with Gasteiger partial charge in [0.05, 0.1) is 6.42 Å². The highest BCUT2D eigenvalue weighted by molar-refractivity contribution is 5.94. The van der Waals surface area contributed by atoms with E-state index >= 15 is 4.39 Å². The molecular formula is C25H19F4NO4. The van der Waals surface area contributed by atoms with Crippen molar-refractivity contribution in [3.05, 3.63) is 88.9 Å². The fourth-order valence-electron chi connectivity index (χ4n) is 3.70. The van der Waals surface area contributed by atoms with Gasteiger partial charge in [-0.05, 0) is 29.8 Å². The van der Waals surface area contributed by atoms with Crippen LogP contribution in [0.2, 0.25) is 0 Å². The molecule has 3 N–H and O–H groups in total. The number of para-hydroxylation sites is 1. The van der Waals surface area contributed by atoms with Crippen LogP contribution in [-0.2, 0) is 30.5 Å². The minimum atomic E-state index is -4.72. The molecule has 0 spiro atoms. The van der Waals surface area contributed by atoms with Gasteiger partial charge in [0.1, 0.15) is 23.8 Å². The number of hydrogen-bond donors (Lipinski definition) is 2. The largest absolute Gasteiger partial charge is 0.489 e. The van der Waals surface area contributed by atoms with Gasteiger partial charge in [0, 0.05) is 34.2 Å². The molecule has 0 amide bonds. The van der Waals surface area contributed by atoms with E-state index in [2.05, 4.69) is 0 Å². The fourth-order valence-corrected chi connectivity index (χ4v) is 3.70. The number of benzene rings is 3. The van der Waals surface area contributed by atoms with Gasteiger partial charge < -0.3 is 20.0 Å². The second kappa shape index (κ2) is 9.18. The molecule has 0 aliphatic carbocycles. The molecule has 0 bridgehead atoms. The first-order valence-corrected chi connectivity index (χ1v) is 10.2. The van der Waals surface area contributed by atoms with Crippen molar-refractivity contribution < 1.29 is 36.6 Å². The highest BCUT2D eigenvalue weighted by Gasteiger charge is 2.35. The van der Waals surface area contributed by atoms with Crippen molar-refractivity contribution in [3.63, 3.8) is 0 Å². The number of ether oxygens (including phenoxy) is 1. The molecule has 34 heavy (non-hydrogen) atoms. The minimum Gasteiger partial charge on any atom is -0.489 e. The van der Waals surface area contributed by atoms with Crippen LogP contribution in [0.15, 0.2) is 65.1 Å². The maximum atomic E-state index is 15.1. The molecule has 1 aromatic heterocycles. The Kier molecular flexibility index (Phi) is 6.30. The van der Waals surface area contributed by atoms with E-state index in [1.807, 2.05) is 0 Å². The molecule has 3 aromatic carbocycles. The second-order valence-corrected chi connectivity index (χ2v) is 7.62. The van der Waals surface area contributed by atoms with Crippen LogP contribution >= 0.6 is 0 Å². The lowest BCUT2D eigenvalue weighted by Gasteiger charge is -2.13. The standard InChI is InChI=1S/C25H19F4NO4/c26-23-16(12-30)5-3-6-18(23)19-9-14(8-17-10-21(25(27,28)29)34-24(17)19)13-33-20-7-2-1-4-15(20)11-22(31)32/h1-10H,11-13,30H2,(H,31,32). The van der Waals surface area contributed by atoms with Gasteiger partial charge in [-0.25, -0.2) is 4.39 Å². The molecule has 0 saturated carbocycles. The third-order valence-electron chi connectivity index (χ3n) is 5.25. The zero-order valence-electron chi connectivity index (χ0n) is 17.7. The predicted octanol–water partition coefficient (Wildman–Crippen LogP) is 5.92. The van der Waals surface area contributed by atoms with Crippen molar-refractivity contribution in [3.8, 4) is 16.9 Å². The summed E-state index contributed by atoms with van der Waals surface area (Å²) in [6.07, 6.45) is -4.98. The average molecular weight is 473 g/mol. The van der Waals surface area contributed by atoms with E-state index in [-0.39, 0.29) is 47.2 Å². The van der Waals surface area contributed by atoms with Crippen molar-refractivity contribution in [2.24, 2.45) is 5.73 Å². The molecule has 4 aromatic rings. The van der Waals surface area contributed by atoms with Crippen molar-refractivity contribution in [1.82, 2.24) is 0 Å². The number of aliphatic carboxylic acids is 1. The van der Waals surface area contributed by atoms with Gasteiger partial charge in [-0.15, -0.1) is 0 Å². The summed E-state index contributed by atoms with van der Waals surface area (Å²) in [7, 11) is 0. The van der Waals surface area contributed by atoms with Crippen molar-refractivity contribution in [2.45, 2.75) is 25.7 Å². The van der Waals surface area contributed by atoms with Gasteiger partial charge in [-0.1, -0.05) is 36.4 Å². The summed E-state index contributed by atoms with van der Waals surface area (Å²) in [5.74, 6) is -2.57. The molecule has 1 heterocycles. The number of alkyl halides is 3. The summed E-state index contributed by atoms with van der Waals surface area (Å²) in [5, 5.41) is 9.22. The van der Waals surface area contributed by atoms with Crippen molar-refractivity contribution in [1.29, 1.82) is 0 Å². The molecule has 0 fully saturated rings. The molecule has 176 valence electrons.